The van der Waals surface area contributed by atoms with Crippen LogP contribution in [0.15, 0.2) is 36.5 Å². The van der Waals surface area contributed by atoms with Crippen molar-refractivity contribution in [2.24, 2.45) is 0 Å². The van der Waals surface area contributed by atoms with E-state index in [1.807, 2.05) is 11.9 Å². The minimum Gasteiger partial charge on any atom is -0.337 e. The van der Waals surface area contributed by atoms with Crippen LogP contribution in [0.1, 0.15) is 42.6 Å². The summed E-state index contributed by atoms with van der Waals surface area (Å²) in [7, 11) is 1.86. The molecule has 1 aliphatic carbocycles. The Morgan fingerprint density at radius 3 is 2.55 bits per heavy atom. The summed E-state index contributed by atoms with van der Waals surface area (Å²) in [5.41, 5.74) is 1.16. The third-order valence-electron chi connectivity index (χ3n) is 4.34. The monoisotopic (exact) mass is 301 g/mol. The van der Waals surface area contributed by atoms with E-state index in [2.05, 4.69) is 5.10 Å². The first-order valence-electron chi connectivity index (χ1n) is 7.74. The van der Waals surface area contributed by atoms with Crippen LogP contribution in [0.5, 0.6) is 0 Å². The van der Waals surface area contributed by atoms with E-state index in [-0.39, 0.29) is 11.7 Å². The molecule has 0 spiro atoms. The quantitative estimate of drug-likeness (QED) is 0.871. The van der Waals surface area contributed by atoms with E-state index in [1.165, 1.54) is 31.4 Å². The van der Waals surface area contributed by atoms with Crippen molar-refractivity contribution < 1.29 is 9.18 Å². The van der Waals surface area contributed by atoms with E-state index in [0.29, 0.717) is 11.7 Å². The molecule has 4 nitrogen and oxygen atoms in total. The van der Waals surface area contributed by atoms with Gasteiger partial charge < -0.3 is 4.90 Å². The SMILES string of the molecule is CN(C(=O)c1ccn(-c2ccc(F)cc2)n1)C1CCCCC1. The predicted octanol–water partition coefficient (Wildman–Crippen LogP) is 3.42. The molecule has 0 atom stereocenters. The Kier molecular flexibility index (Phi) is 4.22. The maximum atomic E-state index is 13.0. The lowest BCUT2D eigenvalue weighted by Crippen LogP contribution is -2.38. The van der Waals surface area contributed by atoms with Gasteiger partial charge in [-0.3, -0.25) is 4.79 Å². The second-order valence-electron chi connectivity index (χ2n) is 5.83. The van der Waals surface area contributed by atoms with Gasteiger partial charge in [-0.25, -0.2) is 9.07 Å². The van der Waals surface area contributed by atoms with Crippen molar-refractivity contribution in [2.75, 3.05) is 7.05 Å². The lowest BCUT2D eigenvalue weighted by molar-refractivity contribution is 0.0690. The second kappa shape index (κ2) is 6.30. The van der Waals surface area contributed by atoms with E-state index < -0.39 is 0 Å². The Morgan fingerprint density at radius 1 is 1.18 bits per heavy atom. The van der Waals surface area contributed by atoms with Crippen LogP contribution in [0.25, 0.3) is 5.69 Å². The number of nitrogens with zero attached hydrogens (tertiary/aromatic N) is 3. The molecule has 1 aromatic carbocycles. The lowest BCUT2D eigenvalue weighted by atomic mass is 9.94. The van der Waals surface area contributed by atoms with Crippen LogP contribution >= 0.6 is 0 Å². The summed E-state index contributed by atoms with van der Waals surface area (Å²) in [4.78, 5) is 14.3. The summed E-state index contributed by atoms with van der Waals surface area (Å²) in [6.07, 6.45) is 7.51. The van der Waals surface area contributed by atoms with Gasteiger partial charge in [-0.05, 0) is 43.2 Å². The maximum Gasteiger partial charge on any atom is 0.274 e. The molecule has 1 amide bonds. The molecular formula is C17H20FN3O. The molecule has 0 bridgehead atoms. The van der Waals surface area contributed by atoms with Crippen molar-refractivity contribution in [3.63, 3.8) is 0 Å². The largest absolute Gasteiger partial charge is 0.337 e. The highest BCUT2D eigenvalue weighted by molar-refractivity contribution is 5.92. The smallest absolute Gasteiger partial charge is 0.274 e. The zero-order valence-electron chi connectivity index (χ0n) is 12.7. The molecule has 3 rings (SSSR count). The van der Waals surface area contributed by atoms with E-state index >= 15 is 0 Å². The Morgan fingerprint density at radius 2 is 1.86 bits per heavy atom. The zero-order chi connectivity index (χ0) is 15.5. The van der Waals surface area contributed by atoms with Gasteiger partial charge >= 0.3 is 0 Å². The molecule has 0 unspecified atom stereocenters. The summed E-state index contributed by atoms with van der Waals surface area (Å²) in [5.74, 6) is -0.336. The predicted molar refractivity (Wildman–Crippen MR) is 82.5 cm³/mol. The average Bonchev–Trinajstić information content (AvgIpc) is 3.05. The van der Waals surface area contributed by atoms with E-state index in [4.69, 9.17) is 0 Å². The van der Waals surface area contributed by atoms with Crippen LogP contribution in [-0.2, 0) is 0 Å². The van der Waals surface area contributed by atoms with Gasteiger partial charge in [0.2, 0.25) is 0 Å². The van der Waals surface area contributed by atoms with E-state index in [0.717, 1.165) is 18.5 Å². The fourth-order valence-corrected chi connectivity index (χ4v) is 2.99. The summed E-state index contributed by atoms with van der Waals surface area (Å²) < 4.78 is 14.6. The number of hydrogen-bond donors (Lipinski definition) is 0. The standard InChI is InChI=1S/C17H20FN3O/c1-20(14-5-3-2-4-6-14)17(22)16-11-12-21(19-16)15-9-7-13(18)8-10-15/h7-12,14H,2-6H2,1H3. The minimum absolute atomic E-state index is 0.0484. The van der Waals surface area contributed by atoms with Gasteiger partial charge in [0, 0.05) is 19.3 Å². The van der Waals surface area contributed by atoms with Crippen molar-refractivity contribution in [2.45, 2.75) is 38.1 Å². The van der Waals surface area contributed by atoms with Crippen LogP contribution in [0.2, 0.25) is 0 Å². The number of aromatic nitrogens is 2. The second-order valence-corrected chi connectivity index (χ2v) is 5.83. The van der Waals surface area contributed by atoms with E-state index in [9.17, 15) is 9.18 Å². The molecule has 5 heteroatoms. The maximum absolute atomic E-state index is 13.0. The Hall–Kier alpha value is -2.17. The van der Waals surface area contributed by atoms with Gasteiger partial charge in [-0.1, -0.05) is 19.3 Å². The highest BCUT2D eigenvalue weighted by Gasteiger charge is 2.24. The molecule has 1 aromatic heterocycles. The number of benzene rings is 1. The molecule has 0 saturated heterocycles. The van der Waals surface area contributed by atoms with Crippen molar-refractivity contribution in [1.82, 2.24) is 14.7 Å². The number of halogens is 1. The fraction of sp³-hybridized carbons (Fsp3) is 0.412. The van der Waals surface area contributed by atoms with Crippen LogP contribution < -0.4 is 0 Å². The van der Waals surface area contributed by atoms with Gasteiger partial charge in [-0.2, -0.15) is 5.10 Å². The highest BCUT2D eigenvalue weighted by Crippen LogP contribution is 2.22. The number of carbonyl (C=O) groups is 1. The van der Waals surface area contributed by atoms with Crippen LogP contribution in [0.4, 0.5) is 4.39 Å². The molecule has 116 valence electrons. The third-order valence-corrected chi connectivity index (χ3v) is 4.34. The molecule has 1 fully saturated rings. The molecule has 1 saturated carbocycles. The molecule has 0 aliphatic heterocycles. The zero-order valence-corrected chi connectivity index (χ0v) is 12.7. The normalized spacial score (nSPS) is 15.7. The molecule has 1 heterocycles. The molecule has 0 N–H and O–H groups in total. The average molecular weight is 301 g/mol. The molecular weight excluding hydrogens is 281 g/mol. The van der Waals surface area contributed by atoms with Crippen molar-refractivity contribution in [3.8, 4) is 5.69 Å². The first-order chi connectivity index (χ1) is 10.6. The first kappa shape index (κ1) is 14.8. The van der Waals surface area contributed by atoms with Crippen molar-refractivity contribution in [1.29, 1.82) is 0 Å². The summed E-state index contributed by atoms with van der Waals surface area (Å²) >= 11 is 0. The number of carbonyl (C=O) groups excluding carboxylic acids is 1. The Balaban J connectivity index is 1.75. The molecule has 22 heavy (non-hydrogen) atoms. The van der Waals surface area contributed by atoms with Gasteiger partial charge in [-0.15, -0.1) is 0 Å². The summed E-state index contributed by atoms with van der Waals surface area (Å²) in [6, 6.07) is 8.07. The van der Waals surface area contributed by atoms with Gasteiger partial charge in [0.1, 0.15) is 5.82 Å². The fourth-order valence-electron chi connectivity index (χ4n) is 2.99. The van der Waals surface area contributed by atoms with E-state index in [1.54, 1.807) is 29.1 Å². The highest BCUT2D eigenvalue weighted by atomic mass is 19.1. The summed E-state index contributed by atoms with van der Waals surface area (Å²) in [6.45, 7) is 0. The number of hydrogen-bond acceptors (Lipinski definition) is 2. The molecule has 0 radical (unpaired) electrons. The lowest BCUT2D eigenvalue weighted by Gasteiger charge is -2.30. The Labute approximate surface area is 129 Å². The topological polar surface area (TPSA) is 38.1 Å². The van der Waals surface area contributed by atoms with Gasteiger partial charge in [0.15, 0.2) is 5.69 Å². The number of rotatable bonds is 3. The third kappa shape index (κ3) is 3.03. The van der Waals surface area contributed by atoms with Crippen LogP contribution in [0, 0.1) is 5.82 Å². The first-order valence-corrected chi connectivity index (χ1v) is 7.74. The van der Waals surface area contributed by atoms with Crippen LogP contribution in [0.3, 0.4) is 0 Å². The Bertz CT molecular complexity index is 644. The minimum atomic E-state index is -0.288. The molecule has 1 aliphatic rings. The van der Waals surface area contributed by atoms with Gasteiger partial charge in [0.05, 0.1) is 5.69 Å². The summed E-state index contributed by atoms with van der Waals surface area (Å²) in [5, 5.41) is 4.33. The van der Waals surface area contributed by atoms with Gasteiger partial charge in [0.25, 0.3) is 5.91 Å². The van der Waals surface area contributed by atoms with Crippen molar-refractivity contribution in [3.05, 3.63) is 48.0 Å². The number of amides is 1. The van der Waals surface area contributed by atoms with Crippen molar-refractivity contribution >= 4 is 5.91 Å². The van der Waals surface area contributed by atoms with Crippen LogP contribution in [-0.4, -0.2) is 33.7 Å². The molecule has 2 aromatic rings.